The van der Waals surface area contributed by atoms with Gasteiger partial charge in [0.25, 0.3) is 0 Å². The minimum Gasteiger partial charge on any atom is -0.493 e. The van der Waals surface area contributed by atoms with Gasteiger partial charge in [-0.1, -0.05) is 24.3 Å². The number of hydrogen-bond acceptors (Lipinski definition) is 3. The third kappa shape index (κ3) is 4.76. The molecule has 2 rings (SSSR count). The largest absolute Gasteiger partial charge is 0.493 e. The van der Waals surface area contributed by atoms with Gasteiger partial charge in [-0.15, -0.1) is 0 Å². The van der Waals surface area contributed by atoms with Crippen LogP contribution in [0.25, 0.3) is 0 Å². The van der Waals surface area contributed by atoms with Crippen molar-refractivity contribution < 1.29 is 13.9 Å². The molecule has 2 N–H and O–H groups in total. The third-order valence-corrected chi connectivity index (χ3v) is 3.03. The van der Waals surface area contributed by atoms with Crippen molar-refractivity contribution in [3.05, 3.63) is 59.9 Å². The van der Waals surface area contributed by atoms with E-state index in [1.165, 1.54) is 6.07 Å². The average molecular weight is 289 g/mol. The summed E-state index contributed by atoms with van der Waals surface area (Å²) in [6.45, 7) is 2.79. The monoisotopic (exact) mass is 289 g/mol. The molecule has 3 nitrogen and oxygen atoms in total. The van der Waals surface area contributed by atoms with Gasteiger partial charge in [-0.05, 0) is 25.1 Å². The Balaban J connectivity index is 1.72. The molecule has 4 heteroatoms. The van der Waals surface area contributed by atoms with Crippen LogP contribution in [0, 0.1) is 5.82 Å². The van der Waals surface area contributed by atoms with Crippen molar-refractivity contribution in [2.75, 3.05) is 13.2 Å². The van der Waals surface area contributed by atoms with Crippen LogP contribution in [0.3, 0.4) is 0 Å². The van der Waals surface area contributed by atoms with Gasteiger partial charge in [0.1, 0.15) is 17.3 Å². The lowest BCUT2D eigenvalue weighted by molar-refractivity contribution is 0.247. The molecule has 0 aliphatic carbocycles. The zero-order chi connectivity index (χ0) is 15.1. The Morgan fingerprint density at radius 1 is 1.00 bits per heavy atom. The molecule has 1 atom stereocenters. The molecule has 0 amide bonds. The highest BCUT2D eigenvalue weighted by atomic mass is 19.1. The Morgan fingerprint density at radius 3 is 2.29 bits per heavy atom. The Labute approximate surface area is 124 Å². The zero-order valence-corrected chi connectivity index (χ0v) is 12.1. The standard InChI is InChI=1S/C17H20FNO2/c1-13(19)16-9-8-15(12-17(16)18)21-11-5-10-20-14-6-3-2-4-7-14/h2-4,6-9,12-13H,5,10-11,19H2,1H3/t13-/m0/s1. The van der Waals surface area contributed by atoms with Crippen LogP contribution in [0.5, 0.6) is 11.5 Å². The molecule has 2 aromatic carbocycles. The van der Waals surface area contributed by atoms with Crippen molar-refractivity contribution in [1.29, 1.82) is 0 Å². The van der Waals surface area contributed by atoms with E-state index in [0.29, 0.717) is 24.5 Å². The van der Waals surface area contributed by atoms with Crippen molar-refractivity contribution >= 4 is 0 Å². The second kappa shape index (κ2) is 7.64. The molecular formula is C17H20FNO2. The smallest absolute Gasteiger partial charge is 0.131 e. The van der Waals surface area contributed by atoms with Crippen molar-refractivity contribution in [2.24, 2.45) is 5.73 Å². The number of nitrogens with two attached hydrogens (primary N) is 1. The number of ether oxygens (including phenoxy) is 2. The van der Waals surface area contributed by atoms with Gasteiger partial charge in [-0.25, -0.2) is 4.39 Å². The van der Waals surface area contributed by atoms with E-state index < -0.39 is 0 Å². The Hall–Kier alpha value is -2.07. The number of para-hydroxylation sites is 1. The second-order valence-corrected chi connectivity index (χ2v) is 4.84. The molecule has 2 aromatic rings. The lowest BCUT2D eigenvalue weighted by Gasteiger charge is -2.11. The summed E-state index contributed by atoms with van der Waals surface area (Å²) in [5, 5.41) is 0. The van der Waals surface area contributed by atoms with Crippen molar-refractivity contribution in [2.45, 2.75) is 19.4 Å². The van der Waals surface area contributed by atoms with E-state index in [1.807, 2.05) is 30.3 Å². The van der Waals surface area contributed by atoms with E-state index in [-0.39, 0.29) is 11.9 Å². The molecule has 0 spiro atoms. The van der Waals surface area contributed by atoms with Gasteiger partial charge in [0.05, 0.1) is 13.2 Å². The highest BCUT2D eigenvalue weighted by Crippen LogP contribution is 2.20. The number of rotatable bonds is 7. The summed E-state index contributed by atoms with van der Waals surface area (Å²) in [5.74, 6) is 1.02. The number of benzene rings is 2. The first-order valence-electron chi connectivity index (χ1n) is 7.02. The third-order valence-electron chi connectivity index (χ3n) is 3.03. The molecule has 0 unspecified atom stereocenters. The van der Waals surface area contributed by atoms with Crippen LogP contribution in [-0.4, -0.2) is 13.2 Å². The molecule has 0 fully saturated rings. The Kier molecular flexibility index (Phi) is 5.58. The molecule has 0 bridgehead atoms. The topological polar surface area (TPSA) is 44.5 Å². The average Bonchev–Trinajstić information content (AvgIpc) is 2.47. The normalized spacial score (nSPS) is 12.0. The van der Waals surface area contributed by atoms with E-state index in [1.54, 1.807) is 19.1 Å². The summed E-state index contributed by atoms with van der Waals surface area (Å²) in [6.07, 6.45) is 0.728. The first kappa shape index (κ1) is 15.3. The summed E-state index contributed by atoms with van der Waals surface area (Å²) in [6, 6.07) is 14.1. The molecule has 0 aromatic heterocycles. The fourth-order valence-corrected chi connectivity index (χ4v) is 1.92. The van der Waals surface area contributed by atoms with E-state index in [2.05, 4.69) is 0 Å². The van der Waals surface area contributed by atoms with Crippen LogP contribution in [0.2, 0.25) is 0 Å². The predicted octanol–water partition coefficient (Wildman–Crippen LogP) is 3.69. The van der Waals surface area contributed by atoms with Gasteiger partial charge in [-0.3, -0.25) is 0 Å². The van der Waals surface area contributed by atoms with Gasteiger partial charge < -0.3 is 15.2 Å². The summed E-state index contributed by atoms with van der Waals surface area (Å²) >= 11 is 0. The first-order chi connectivity index (χ1) is 10.2. The minimum absolute atomic E-state index is 0.321. The Bertz CT molecular complexity index is 558. The van der Waals surface area contributed by atoms with Gasteiger partial charge >= 0.3 is 0 Å². The van der Waals surface area contributed by atoms with Crippen molar-refractivity contribution in [1.82, 2.24) is 0 Å². The minimum atomic E-state index is -0.331. The molecule has 21 heavy (non-hydrogen) atoms. The lowest BCUT2D eigenvalue weighted by atomic mass is 10.1. The highest BCUT2D eigenvalue weighted by Gasteiger charge is 2.07. The van der Waals surface area contributed by atoms with E-state index >= 15 is 0 Å². The second-order valence-electron chi connectivity index (χ2n) is 4.84. The molecule has 0 saturated heterocycles. The molecule has 0 heterocycles. The first-order valence-corrected chi connectivity index (χ1v) is 7.02. The van der Waals surface area contributed by atoms with E-state index in [9.17, 15) is 4.39 Å². The maximum atomic E-state index is 13.7. The van der Waals surface area contributed by atoms with Crippen LogP contribution in [0.1, 0.15) is 24.9 Å². The summed E-state index contributed by atoms with van der Waals surface area (Å²) in [4.78, 5) is 0. The molecule has 112 valence electrons. The maximum Gasteiger partial charge on any atom is 0.131 e. The fraction of sp³-hybridized carbons (Fsp3) is 0.294. The molecule has 0 radical (unpaired) electrons. The van der Waals surface area contributed by atoms with Crippen LogP contribution < -0.4 is 15.2 Å². The summed E-state index contributed by atoms with van der Waals surface area (Å²) in [7, 11) is 0. The fourth-order valence-electron chi connectivity index (χ4n) is 1.92. The number of hydrogen-bond donors (Lipinski definition) is 1. The quantitative estimate of drug-likeness (QED) is 0.791. The van der Waals surface area contributed by atoms with E-state index in [0.717, 1.165) is 12.2 Å². The molecule has 0 aliphatic heterocycles. The predicted molar refractivity (Wildman–Crippen MR) is 81.1 cm³/mol. The van der Waals surface area contributed by atoms with E-state index in [4.69, 9.17) is 15.2 Å². The van der Waals surface area contributed by atoms with Crippen molar-refractivity contribution in [3.63, 3.8) is 0 Å². The summed E-state index contributed by atoms with van der Waals surface area (Å²) in [5.41, 5.74) is 6.16. The van der Waals surface area contributed by atoms with Crippen molar-refractivity contribution in [3.8, 4) is 11.5 Å². The van der Waals surface area contributed by atoms with Crippen LogP contribution in [-0.2, 0) is 0 Å². The van der Waals surface area contributed by atoms with Gasteiger partial charge in [0.15, 0.2) is 0 Å². The van der Waals surface area contributed by atoms with Gasteiger partial charge in [0, 0.05) is 24.1 Å². The lowest BCUT2D eigenvalue weighted by Crippen LogP contribution is -2.08. The highest BCUT2D eigenvalue weighted by molar-refractivity contribution is 5.30. The molecule has 0 saturated carbocycles. The number of halogens is 1. The van der Waals surface area contributed by atoms with Crippen LogP contribution >= 0.6 is 0 Å². The maximum absolute atomic E-state index is 13.7. The molecular weight excluding hydrogens is 269 g/mol. The van der Waals surface area contributed by atoms with Crippen LogP contribution in [0.4, 0.5) is 4.39 Å². The van der Waals surface area contributed by atoms with Gasteiger partial charge in [-0.2, -0.15) is 0 Å². The zero-order valence-electron chi connectivity index (χ0n) is 12.1. The van der Waals surface area contributed by atoms with Crippen LogP contribution in [0.15, 0.2) is 48.5 Å². The molecule has 0 aliphatic rings. The SMILES string of the molecule is C[C@H](N)c1ccc(OCCCOc2ccccc2)cc1F. The summed E-state index contributed by atoms with van der Waals surface area (Å²) < 4.78 is 24.8. The Morgan fingerprint density at radius 2 is 1.67 bits per heavy atom. The van der Waals surface area contributed by atoms with Gasteiger partial charge in [0.2, 0.25) is 0 Å².